The number of benzene rings is 5. The number of hydrogen-bond acceptors (Lipinski definition) is 0. The summed E-state index contributed by atoms with van der Waals surface area (Å²) in [6.07, 6.45) is 4.60. The summed E-state index contributed by atoms with van der Waals surface area (Å²) in [5, 5.41) is 6.74. The van der Waals surface area contributed by atoms with Crippen molar-refractivity contribution in [2.75, 3.05) is 13.3 Å². The molecule has 30 heavy (non-hydrogen) atoms. The minimum absolute atomic E-state index is 1.24. The van der Waals surface area contributed by atoms with Gasteiger partial charge in [0.1, 0.15) is 0 Å². The van der Waals surface area contributed by atoms with E-state index in [1.807, 2.05) is 0 Å². The minimum atomic E-state index is -1.47. The first-order valence-electron chi connectivity index (χ1n) is 10.3. The third-order valence-electron chi connectivity index (χ3n) is 5.79. The lowest BCUT2D eigenvalue weighted by molar-refractivity contribution is 1.61. The lowest BCUT2D eigenvalue weighted by Gasteiger charge is -2.22. The van der Waals surface area contributed by atoms with Gasteiger partial charge in [-0.25, -0.2) is 0 Å². The molecular weight excluding hydrogens is 379 g/mol. The molecule has 5 rings (SSSR count). The molecular formula is C29H25P. The van der Waals surface area contributed by atoms with E-state index in [0.717, 1.165) is 0 Å². The molecule has 0 bridgehead atoms. The molecule has 0 radical (unpaired) electrons. The topological polar surface area (TPSA) is 0 Å². The lowest BCUT2D eigenvalue weighted by Crippen LogP contribution is -2.08. The first-order valence-corrected chi connectivity index (χ1v) is 13.2. The van der Waals surface area contributed by atoms with Crippen LogP contribution in [-0.4, -0.2) is 19.6 Å². The summed E-state index contributed by atoms with van der Waals surface area (Å²) >= 11 is 0. The van der Waals surface area contributed by atoms with E-state index in [-0.39, 0.29) is 0 Å². The van der Waals surface area contributed by atoms with E-state index in [1.54, 1.807) is 0 Å². The largest absolute Gasteiger partial charge is 0.0970 e. The molecule has 0 aliphatic heterocycles. The summed E-state index contributed by atoms with van der Waals surface area (Å²) in [4.78, 5) is 0. The molecule has 0 saturated heterocycles. The van der Waals surface area contributed by atoms with Crippen molar-refractivity contribution in [1.29, 1.82) is 0 Å². The Morgan fingerprint density at radius 3 is 1.37 bits per heavy atom. The predicted molar refractivity (Wildman–Crippen MR) is 138 cm³/mol. The smallest absolute Gasteiger partial charge is 0.00263 e. The first kappa shape index (κ1) is 18.9. The molecule has 0 spiro atoms. The van der Waals surface area contributed by atoms with Crippen LogP contribution in [0.2, 0.25) is 0 Å². The fraction of sp³-hybridized carbons (Fsp3) is 0.0690. The van der Waals surface area contributed by atoms with Crippen LogP contribution in [0.15, 0.2) is 103 Å². The van der Waals surface area contributed by atoms with E-state index in [2.05, 4.69) is 123 Å². The maximum absolute atomic E-state index is 4.60. The Balaban J connectivity index is 1.82. The molecule has 0 aliphatic rings. The van der Waals surface area contributed by atoms with Crippen LogP contribution in [0.25, 0.3) is 43.8 Å². The number of hydrogen-bond donors (Lipinski definition) is 0. The monoisotopic (exact) mass is 404 g/mol. The Morgan fingerprint density at radius 2 is 0.867 bits per heavy atom. The van der Waals surface area contributed by atoms with Crippen molar-refractivity contribution in [2.45, 2.75) is 0 Å². The predicted octanol–water partition coefficient (Wildman–Crippen LogP) is 7.66. The summed E-state index contributed by atoms with van der Waals surface area (Å²) in [5.74, 6) is 0. The molecule has 5 aromatic rings. The van der Waals surface area contributed by atoms with Gasteiger partial charge in [0.25, 0.3) is 0 Å². The zero-order valence-corrected chi connectivity index (χ0v) is 18.4. The van der Waals surface area contributed by atoms with Crippen LogP contribution in [0.5, 0.6) is 0 Å². The number of fused-ring (bicyclic) bond motifs is 2. The van der Waals surface area contributed by atoms with Gasteiger partial charge >= 0.3 is 0 Å². The molecule has 0 atom stereocenters. The maximum Gasteiger partial charge on any atom is -0.00263 e. The third-order valence-corrected chi connectivity index (χ3v) is 7.48. The average Bonchev–Trinajstić information content (AvgIpc) is 2.77. The Bertz CT molecular complexity index is 1350. The second-order valence-electron chi connectivity index (χ2n) is 8.44. The van der Waals surface area contributed by atoms with Crippen LogP contribution in [0.1, 0.15) is 0 Å². The van der Waals surface area contributed by atoms with E-state index < -0.39 is 6.89 Å². The Hall–Kier alpha value is -3.08. The van der Waals surface area contributed by atoms with Crippen molar-refractivity contribution in [2.24, 2.45) is 0 Å². The molecule has 0 saturated carbocycles. The van der Waals surface area contributed by atoms with Crippen molar-refractivity contribution in [3.63, 3.8) is 0 Å². The van der Waals surface area contributed by atoms with Crippen LogP contribution in [0.3, 0.4) is 0 Å². The molecule has 0 fully saturated rings. The van der Waals surface area contributed by atoms with Gasteiger partial charge in [-0.05, 0) is 62.4 Å². The normalized spacial score (nSPS) is 11.8. The zero-order chi connectivity index (χ0) is 20.7. The average molecular weight is 404 g/mol. The number of rotatable bonds is 3. The summed E-state index contributed by atoms with van der Waals surface area (Å²) in [6, 6.07) is 37.2. The molecule has 5 aromatic carbocycles. The van der Waals surface area contributed by atoms with Crippen LogP contribution in [0, 0.1) is 0 Å². The van der Waals surface area contributed by atoms with Gasteiger partial charge in [0.05, 0.1) is 0 Å². The SMILES string of the molecule is C=P(C)(C)c1c2ccccc2c(-c2ccc(-c3ccccc3)cc2)c2ccccc12. The van der Waals surface area contributed by atoms with Crippen LogP contribution >= 0.6 is 6.89 Å². The molecule has 0 N–H and O–H groups in total. The summed E-state index contributed by atoms with van der Waals surface area (Å²) in [5.41, 5.74) is 5.07. The van der Waals surface area contributed by atoms with Gasteiger partial charge in [-0.15, -0.1) is 0 Å². The van der Waals surface area contributed by atoms with Crippen molar-refractivity contribution in [3.8, 4) is 22.3 Å². The highest BCUT2D eigenvalue weighted by Gasteiger charge is 2.18. The second kappa shape index (κ2) is 7.31. The standard InChI is InChI=1S/C29H25P/c1-30(2,3)29-26-15-9-7-13-24(26)28(25-14-8-10-16-27(25)29)23-19-17-22(18-20-23)21-11-5-4-6-12-21/h4-20H,1H2,2-3H3. The highest BCUT2D eigenvalue weighted by Crippen LogP contribution is 2.44. The Labute approximate surface area is 178 Å². The van der Waals surface area contributed by atoms with Crippen LogP contribution < -0.4 is 5.30 Å². The molecule has 0 unspecified atom stereocenters. The van der Waals surface area contributed by atoms with E-state index in [4.69, 9.17) is 0 Å². The second-order valence-corrected chi connectivity index (χ2v) is 12.3. The minimum Gasteiger partial charge on any atom is -0.0970 e. The van der Waals surface area contributed by atoms with Gasteiger partial charge in [0.15, 0.2) is 0 Å². The van der Waals surface area contributed by atoms with E-state index in [1.165, 1.54) is 49.1 Å². The molecule has 0 amide bonds. The Morgan fingerprint density at radius 1 is 0.467 bits per heavy atom. The lowest BCUT2D eigenvalue weighted by atomic mass is 9.91. The fourth-order valence-corrected chi connectivity index (χ4v) is 6.22. The molecule has 0 aliphatic carbocycles. The zero-order valence-electron chi connectivity index (χ0n) is 17.5. The maximum atomic E-state index is 4.60. The van der Waals surface area contributed by atoms with E-state index in [9.17, 15) is 0 Å². The van der Waals surface area contributed by atoms with Crippen molar-refractivity contribution in [3.05, 3.63) is 103 Å². The fourth-order valence-electron chi connectivity index (χ4n) is 4.53. The van der Waals surface area contributed by atoms with Gasteiger partial charge in [-0.2, -0.15) is 0 Å². The summed E-state index contributed by atoms with van der Waals surface area (Å²) in [6.45, 7) is 3.16. The third kappa shape index (κ3) is 3.18. The molecule has 0 nitrogen and oxygen atoms in total. The van der Waals surface area contributed by atoms with E-state index >= 15 is 0 Å². The molecule has 0 heterocycles. The summed E-state index contributed by atoms with van der Waals surface area (Å²) in [7, 11) is 0. The van der Waals surface area contributed by atoms with Gasteiger partial charge in [0, 0.05) is 0 Å². The quantitative estimate of drug-likeness (QED) is 0.214. The highest BCUT2D eigenvalue weighted by molar-refractivity contribution is 7.80. The van der Waals surface area contributed by atoms with Gasteiger partial charge in [-0.3, -0.25) is 0 Å². The van der Waals surface area contributed by atoms with Crippen LogP contribution in [-0.2, 0) is 0 Å². The van der Waals surface area contributed by atoms with Gasteiger partial charge < -0.3 is 0 Å². The molecule has 146 valence electrons. The molecule has 1 heteroatoms. The van der Waals surface area contributed by atoms with Crippen LogP contribution in [0.4, 0.5) is 0 Å². The van der Waals surface area contributed by atoms with E-state index in [0.29, 0.717) is 0 Å². The first-order chi connectivity index (χ1) is 14.5. The van der Waals surface area contributed by atoms with Crippen molar-refractivity contribution in [1.82, 2.24) is 0 Å². The van der Waals surface area contributed by atoms with Crippen molar-refractivity contribution < 1.29 is 0 Å². The Kier molecular flexibility index (Phi) is 4.61. The molecule has 0 aromatic heterocycles. The van der Waals surface area contributed by atoms with Crippen molar-refractivity contribution >= 4 is 40.0 Å². The van der Waals surface area contributed by atoms with Gasteiger partial charge in [0.2, 0.25) is 0 Å². The van der Waals surface area contributed by atoms with Gasteiger partial charge in [-0.1, -0.05) is 116 Å². The highest BCUT2D eigenvalue weighted by atomic mass is 31.2. The summed E-state index contributed by atoms with van der Waals surface area (Å²) < 4.78 is 0.